The minimum atomic E-state index is -3.52. The number of anilines is 2. The van der Waals surface area contributed by atoms with Gasteiger partial charge in [0, 0.05) is 35.0 Å². The van der Waals surface area contributed by atoms with Crippen LogP contribution in [0.5, 0.6) is 11.5 Å². The van der Waals surface area contributed by atoms with Gasteiger partial charge in [0.1, 0.15) is 11.5 Å². The molecule has 1 heterocycles. The lowest BCUT2D eigenvalue weighted by Crippen LogP contribution is -2.33. The molecular formula is C30H30F2N2O4S. The summed E-state index contributed by atoms with van der Waals surface area (Å²) < 4.78 is 38.5. The van der Waals surface area contributed by atoms with E-state index in [2.05, 4.69) is 18.1 Å². The molecule has 0 spiro atoms. The zero-order valence-corrected chi connectivity index (χ0v) is 22.5. The number of ether oxygens (including phenoxy) is 2. The zero-order chi connectivity index (χ0) is 28.3. The Kier molecular flexibility index (Phi) is 8.20. The summed E-state index contributed by atoms with van der Waals surface area (Å²) in [7, 11) is 0. The number of thioether (sulfide) groups is 1. The quantitative estimate of drug-likeness (QED) is 0.194. The highest BCUT2D eigenvalue weighted by molar-refractivity contribution is 7.99. The Labute approximate surface area is 230 Å². The van der Waals surface area contributed by atoms with Gasteiger partial charge in [0.05, 0.1) is 11.3 Å². The molecule has 3 aromatic rings. The fourth-order valence-corrected chi connectivity index (χ4v) is 5.88. The highest BCUT2D eigenvalue weighted by Gasteiger charge is 2.40. The number of nitrogens with zero attached hydrogens (tertiary/aromatic N) is 1. The van der Waals surface area contributed by atoms with Crippen LogP contribution in [0, 0.1) is 0 Å². The summed E-state index contributed by atoms with van der Waals surface area (Å²) in [5, 5.41) is 9.12. The molecule has 1 aliphatic heterocycles. The van der Waals surface area contributed by atoms with E-state index in [9.17, 15) is 18.7 Å². The van der Waals surface area contributed by atoms with Crippen LogP contribution in [-0.4, -0.2) is 29.3 Å². The first kappa shape index (κ1) is 28.0. The third-order valence-electron chi connectivity index (χ3n) is 6.29. The smallest absolute Gasteiger partial charge is 0.419 e. The SMILES string of the molecule is C=CC(F)(F)Oc1ccc2c(c1)N(Cc1cccc(O[C@@H](C)C(=O)O)c1)C(C(=C)C)C2Sc1ccc(N)cc1. The fourth-order valence-electron chi connectivity index (χ4n) is 4.46. The summed E-state index contributed by atoms with van der Waals surface area (Å²) in [4.78, 5) is 14.4. The maximum absolute atomic E-state index is 14.0. The van der Waals surface area contributed by atoms with Crippen molar-refractivity contribution in [3.05, 3.63) is 103 Å². The van der Waals surface area contributed by atoms with Crippen molar-refractivity contribution < 1.29 is 28.2 Å². The predicted molar refractivity (Wildman–Crippen MR) is 151 cm³/mol. The number of halogens is 2. The van der Waals surface area contributed by atoms with Gasteiger partial charge in [0.2, 0.25) is 0 Å². The zero-order valence-electron chi connectivity index (χ0n) is 21.6. The molecule has 6 nitrogen and oxygen atoms in total. The molecule has 0 aromatic heterocycles. The van der Waals surface area contributed by atoms with Crippen molar-refractivity contribution in [3.8, 4) is 11.5 Å². The average molecular weight is 553 g/mol. The van der Waals surface area contributed by atoms with Crippen molar-refractivity contribution in [1.82, 2.24) is 0 Å². The van der Waals surface area contributed by atoms with Crippen LogP contribution in [0.4, 0.5) is 20.2 Å². The minimum Gasteiger partial charge on any atom is -0.479 e. The Morgan fingerprint density at radius 2 is 1.90 bits per heavy atom. The molecule has 0 bridgehead atoms. The molecule has 2 unspecified atom stereocenters. The molecule has 3 aromatic carbocycles. The molecule has 0 amide bonds. The van der Waals surface area contributed by atoms with Crippen LogP contribution < -0.4 is 20.1 Å². The van der Waals surface area contributed by atoms with Gasteiger partial charge in [-0.2, -0.15) is 8.78 Å². The van der Waals surface area contributed by atoms with Gasteiger partial charge in [-0.25, -0.2) is 4.79 Å². The number of hydrogen-bond donors (Lipinski definition) is 2. The Balaban J connectivity index is 1.74. The van der Waals surface area contributed by atoms with Crippen LogP contribution in [0.2, 0.25) is 0 Å². The molecule has 0 aliphatic carbocycles. The lowest BCUT2D eigenvalue weighted by molar-refractivity contribution is -0.144. The van der Waals surface area contributed by atoms with Gasteiger partial charge in [-0.05, 0) is 67.4 Å². The number of carboxylic acid groups (broad SMARTS) is 1. The standard InChI is InChI=1S/C30H30F2N2O4S/c1-5-30(31,32)38-23-11-14-25-26(16-23)34(17-20-7-6-8-22(15-20)37-19(4)29(35)36)27(18(2)3)28(25)39-24-12-9-21(33)10-13-24/h5-16,19,27-28H,1-2,17,33H2,3-4H3,(H,35,36)/t19-,27?,28?/m0/s1. The summed E-state index contributed by atoms with van der Waals surface area (Å²) in [5.74, 6) is -0.638. The third kappa shape index (κ3) is 6.54. The van der Waals surface area contributed by atoms with E-state index in [0.717, 1.165) is 27.3 Å². The number of aliphatic carboxylic acids is 1. The number of carboxylic acids is 1. The first-order chi connectivity index (χ1) is 18.5. The number of carbonyl (C=O) groups is 1. The Bertz CT molecular complexity index is 1380. The fraction of sp³-hybridized carbons (Fsp3) is 0.233. The highest BCUT2D eigenvalue weighted by atomic mass is 32.2. The molecule has 0 saturated carbocycles. The molecule has 3 atom stereocenters. The molecule has 9 heteroatoms. The van der Waals surface area contributed by atoms with Crippen molar-refractivity contribution in [2.24, 2.45) is 0 Å². The summed E-state index contributed by atoms with van der Waals surface area (Å²) in [6.07, 6.45) is -4.07. The van der Waals surface area contributed by atoms with Gasteiger partial charge in [-0.3, -0.25) is 0 Å². The first-order valence-electron chi connectivity index (χ1n) is 12.2. The number of fused-ring (bicyclic) bond motifs is 1. The molecular weight excluding hydrogens is 522 g/mol. The van der Waals surface area contributed by atoms with Crippen molar-refractivity contribution in [2.75, 3.05) is 10.6 Å². The first-order valence-corrected chi connectivity index (χ1v) is 13.1. The Hall–Kier alpha value is -3.98. The van der Waals surface area contributed by atoms with Gasteiger partial charge in [0.25, 0.3) is 0 Å². The van der Waals surface area contributed by atoms with Crippen molar-refractivity contribution >= 4 is 29.1 Å². The summed E-state index contributed by atoms with van der Waals surface area (Å²) in [5.41, 5.74) is 9.96. The maximum Gasteiger partial charge on any atom is 0.419 e. The lowest BCUT2D eigenvalue weighted by atomic mass is 10.0. The normalized spacial score (nSPS) is 17.3. The second kappa shape index (κ2) is 11.4. The van der Waals surface area contributed by atoms with E-state index < -0.39 is 18.2 Å². The Morgan fingerprint density at radius 3 is 2.54 bits per heavy atom. The van der Waals surface area contributed by atoms with Crippen LogP contribution in [0.1, 0.15) is 30.2 Å². The highest BCUT2D eigenvalue weighted by Crippen LogP contribution is 2.53. The number of rotatable bonds is 11. The van der Waals surface area contributed by atoms with Crippen molar-refractivity contribution in [1.29, 1.82) is 0 Å². The van der Waals surface area contributed by atoms with Crippen LogP contribution in [0.3, 0.4) is 0 Å². The predicted octanol–water partition coefficient (Wildman–Crippen LogP) is 7.08. The van der Waals surface area contributed by atoms with E-state index in [4.69, 9.17) is 15.2 Å². The van der Waals surface area contributed by atoms with Gasteiger partial charge in [-0.1, -0.05) is 36.9 Å². The summed E-state index contributed by atoms with van der Waals surface area (Å²) in [6.45, 7) is 11.2. The Morgan fingerprint density at radius 1 is 1.18 bits per heavy atom. The van der Waals surface area contributed by atoms with E-state index in [1.807, 2.05) is 43.3 Å². The second-order valence-corrected chi connectivity index (χ2v) is 10.6. The van der Waals surface area contributed by atoms with E-state index in [-0.39, 0.29) is 17.0 Å². The van der Waals surface area contributed by atoms with Crippen molar-refractivity contribution in [3.63, 3.8) is 0 Å². The summed E-state index contributed by atoms with van der Waals surface area (Å²) >= 11 is 1.64. The molecule has 204 valence electrons. The van der Waals surface area contributed by atoms with Gasteiger partial charge >= 0.3 is 12.1 Å². The molecule has 0 fully saturated rings. The van der Waals surface area contributed by atoms with E-state index >= 15 is 0 Å². The van der Waals surface area contributed by atoms with Gasteiger partial charge < -0.3 is 25.2 Å². The minimum absolute atomic E-state index is 0.00890. The maximum atomic E-state index is 14.0. The van der Waals surface area contributed by atoms with Crippen LogP contribution in [-0.2, 0) is 11.3 Å². The number of nitrogen functional groups attached to an aromatic ring is 1. The monoisotopic (exact) mass is 552 g/mol. The van der Waals surface area contributed by atoms with Crippen LogP contribution in [0.25, 0.3) is 0 Å². The van der Waals surface area contributed by atoms with Crippen LogP contribution in [0.15, 0.2) is 96.4 Å². The lowest BCUT2D eigenvalue weighted by Gasteiger charge is -2.31. The van der Waals surface area contributed by atoms with Gasteiger partial charge in [0.15, 0.2) is 6.10 Å². The molecule has 0 saturated heterocycles. The number of benzene rings is 3. The second-order valence-electron chi connectivity index (χ2n) is 9.36. The van der Waals surface area contributed by atoms with Gasteiger partial charge in [-0.15, -0.1) is 11.8 Å². The largest absolute Gasteiger partial charge is 0.479 e. The van der Waals surface area contributed by atoms with E-state index in [1.54, 1.807) is 36.0 Å². The van der Waals surface area contributed by atoms with E-state index in [0.29, 0.717) is 24.1 Å². The molecule has 1 aliphatic rings. The molecule has 3 N–H and O–H groups in total. The number of alkyl halides is 2. The number of hydrogen-bond acceptors (Lipinski definition) is 6. The summed E-state index contributed by atoms with van der Waals surface area (Å²) in [6, 6.07) is 19.5. The van der Waals surface area contributed by atoms with Crippen molar-refractivity contribution in [2.45, 2.75) is 48.8 Å². The average Bonchev–Trinajstić information content (AvgIpc) is 3.17. The molecule has 0 radical (unpaired) electrons. The van der Waals surface area contributed by atoms with E-state index in [1.165, 1.54) is 13.0 Å². The topological polar surface area (TPSA) is 85.0 Å². The third-order valence-corrected chi connectivity index (χ3v) is 7.60. The molecule has 39 heavy (non-hydrogen) atoms. The van der Waals surface area contributed by atoms with Crippen LogP contribution >= 0.6 is 11.8 Å². The molecule has 4 rings (SSSR count). The number of nitrogens with two attached hydrogens (primary N) is 1.